The molecule has 0 aliphatic carbocycles. The number of hydrogen-bond acceptors (Lipinski definition) is 6. The Bertz CT molecular complexity index is 249. The first-order valence-corrected chi connectivity index (χ1v) is 7.94. The molecule has 0 aliphatic heterocycles. The zero-order valence-electron chi connectivity index (χ0n) is 14.1. The minimum absolute atomic E-state index is 0. The van der Waals surface area contributed by atoms with E-state index < -0.39 is 17.2 Å². The quantitative estimate of drug-likeness (QED) is 0.405. The summed E-state index contributed by atoms with van der Waals surface area (Å²) in [5, 5.41) is 0. The zero-order chi connectivity index (χ0) is 17.6. The van der Waals surface area contributed by atoms with Gasteiger partial charge in [0, 0.05) is 60.0 Å². The fourth-order valence-electron chi connectivity index (χ4n) is 0.832. The molecule has 0 spiro atoms. The SMILES string of the molecule is COP(OC)OC.COP(OC)OC.[C-]#[O+].[Cr].c1ccccc1. The summed E-state index contributed by atoms with van der Waals surface area (Å²) in [5.41, 5.74) is 0. The van der Waals surface area contributed by atoms with Crippen molar-refractivity contribution >= 4 is 17.2 Å². The van der Waals surface area contributed by atoms with Crippen LogP contribution in [0, 0.1) is 6.65 Å². The Morgan fingerprint density at radius 1 is 0.522 bits per heavy atom. The summed E-state index contributed by atoms with van der Waals surface area (Å²) >= 11 is 0. The average molecular weight is 406 g/mol. The average Bonchev–Trinajstić information content (AvgIpc) is 2.62. The molecule has 1 aromatic rings. The maximum atomic E-state index is 7.50. The summed E-state index contributed by atoms with van der Waals surface area (Å²) in [5.74, 6) is 0. The fraction of sp³-hybridized carbons (Fsp3) is 0.462. The van der Waals surface area contributed by atoms with Gasteiger partial charge in [0.25, 0.3) is 0 Å². The maximum absolute atomic E-state index is 7.50. The van der Waals surface area contributed by atoms with E-state index in [1.54, 1.807) is 42.7 Å². The van der Waals surface area contributed by atoms with E-state index in [1.807, 2.05) is 36.4 Å². The molecule has 0 saturated carbocycles. The third kappa shape index (κ3) is 27.3. The van der Waals surface area contributed by atoms with Crippen LogP contribution in [0.15, 0.2) is 36.4 Å². The van der Waals surface area contributed by atoms with E-state index in [0.717, 1.165) is 0 Å². The third-order valence-electron chi connectivity index (χ3n) is 1.56. The Morgan fingerprint density at radius 2 is 0.652 bits per heavy atom. The minimum atomic E-state index is -1.05. The summed E-state index contributed by atoms with van der Waals surface area (Å²) in [6.07, 6.45) is 0. The molecule has 1 aromatic carbocycles. The standard InChI is InChI=1S/C6H6.2C3H9O3P.CO.Cr/c1-2-4-6-5-3-1;2*1-4-7(5-2)6-3;1-2;/h1-6H;2*1-3H3;;. The van der Waals surface area contributed by atoms with E-state index in [0.29, 0.717) is 0 Å². The molecule has 1 rings (SSSR count). The van der Waals surface area contributed by atoms with Gasteiger partial charge in [-0.25, -0.2) is 0 Å². The van der Waals surface area contributed by atoms with E-state index in [-0.39, 0.29) is 17.4 Å². The molecule has 0 radical (unpaired) electrons. The van der Waals surface area contributed by atoms with Crippen LogP contribution >= 0.6 is 17.2 Å². The molecule has 0 atom stereocenters. The molecule has 7 nitrogen and oxygen atoms in total. The van der Waals surface area contributed by atoms with Crippen LogP contribution in [0.4, 0.5) is 0 Å². The van der Waals surface area contributed by atoms with Crippen LogP contribution in [-0.2, 0) is 49.2 Å². The summed E-state index contributed by atoms with van der Waals surface area (Å²) in [4.78, 5) is 0. The first-order valence-electron chi connectivity index (χ1n) is 5.75. The van der Waals surface area contributed by atoms with Gasteiger partial charge in [0.15, 0.2) is 0 Å². The molecular formula is C13H24CrO7P2. The Hall–Kier alpha value is 0.112. The van der Waals surface area contributed by atoms with Crippen molar-refractivity contribution in [3.05, 3.63) is 43.0 Å². The zero-order valence-corrected chi connectivity index (χ0v) is 17.2. The fourth-order valence-corrected chi connectivity index (χ4v) is 1.73. The van der Waals surface area contributed by atoms with E-state index >= 15 is 0 Å². The molecule has 0 aliphatic rings. The summed E-state index contributed by atoms with van der Waals surface area (Å²) < 4.78 is 35.5. The van der Waals surface area contributed by atoms with Gasteiger partial charge in [-0.15, -0.1) is 0 Å². The smallest absolute Gasteiger partial charge is 0 e. The molecular weight excluding hydrogens is 382 g/mol. The van der Waals surface area contributed by atoms with Crippen LogP contribution in [0.2, 0.25) is 0 Å². The second-order valence-corrected chi connectivity index (χ2v) is 5.78. The van der Waals surface area contributed by atoms with Gasteiger partial charge in [0.1, 0.15) is 0 Å². The van der Waals surface area contributed by atoms with E-state index in [9.17, 15) is 0 Å². The first-order chi connectivity index (χ1) is 10.7. The van der Waals surface area contributed by atoms with Crippen LogP contribution in [0.25, 0.3) is 0 Å². The number of hydrogen-bond donors (Lipinski definition) is 0. The van der Waals surface area contributed by atoms with Crippen molar-refractivity contribution < 1.29 is 49.2 Å². The predicted molar refractivity (Wildman–Crippen MR) is 86.3 cm³/mol. The number of benzene rings is 1. The Morgan fingerprint density at radius 3 is 0.696 bits per heavy atom. The first kappa shape index (κ1) is 30.9. The number of rotatable bonds is 6. The van der Waals surface area contributed by atoms with Crippen molar-refractivity contribution in [1.29, 1.82) is 0 Å². The molecule has 10 heteroatoms. The van der Waals surface area contributed by atoms with Gasteiger partial charge in [0.2, 0.25) is 0 Å². The second kappa shape index (κ2) is 30.0. The Labute approximate surface area is 152 Å². The molecule has 0 saturated heterocycles. The van der Waals surface area contributed by atoms with Crippen molar-refractivity contribution in [3.63, 3.8) is 0 Å². The maximum Gasteiger partial charge on any atom is 0 e. The summed E-state index contributed by atoms with van der Waals surface area (Å²) in [6.45, 7) is 4.50. The van der Waals surface area contributed by atoms with E-state index in [1.165, 1.54) is 0 Å². The van der Waals surface area contributed by atoms with Crippen molar-refractivity contribution in [3.8, 4) is 0 Å². The van der Waals surface area contributed by atoms with Gasteiger partial charge >= 0.3 is 28.5 Å². The summed E-state index contributed by atoms with van der Waals surface area (Å²) in [6, 6.07) is 12.0. The van der Waals surface area contributed by atoms with Crippen LogP contribution < -0.4 is 0 Å². The van der Waals surface area contributed by atoms with Crippen LogP contribution in [0.5, 0.6) is 0 Å². The normalized spacial score (nSPS) is 8.43. The largest absolute Gasteiger partial charge is 0.0623 e. The molecule has 0 heterocycles. The molecule has 0 N–H and O–H groups in total. The van der Waals surface area contributed by atoms with Crippen molar-refractivity contribution in [1.82, 2.24) is 0 Å². The third-order valence-corrected chi connectivity index (χ3v) is 3.35. The van der Waals surface area contributed by atoms with Crippen molar-refractivity contribution in [2.75, 3.05) is 42.7 Å². The van der Waals surface area contributed by atoms with Gasteiger partial charge in [-0.2, -0.15) is 0 Å². The van der Waals surface area contributed by atoms with Crippen LogP contribution in [-0.4, -0.2) is 42.7 Å². The predicted octanol–water partition coefficient (Wildman–Crippen LogP) is 3.95. The topological polar surface area (TPSA) is 75.3 Å². The molecule has 0 amide bonds. The molecule has 23 heavy (non-hydrogen) atoms. The molecule has 0 fully saturated rings. The van der Waals surface area contributed by atoms with Crippen LogP contribution in [0.1, 0.15) is 0 Å². The van der Waals surface area contributed by atoms with Gasteiger partial charge in [0.05, 0.1) is 0 Å². The van der Waals surface area contributed by atoms with Gasteiger partial charge in [-0.05, 0) is 0 Å². The van der Waals surface area contributed by atoms with Crippen molar-refractivity contribution in [2.45, 2.75) is 0 Å². The second-order valence-electron chi connectivity index (χ2n) is 2.70. The van der Waals surface area contributed by atoms with Crippen molar-refractivity contribution in [2.24, 2.45) is 0 Å². The van der Waals surface area contributed by atoms with Gasteiger partial charge in [-0.3, -0.25) is 0 Å². The Balaban J connectivity index is -0.000000109. The molecule has 134 valence electrons. The van der Waals surface area contributed by atoms with Gasteiger partial charge in [-0.1, -0.05) is 36.4 Å². The Kier molecular flexibility index (Phi) is 40.4. The van der Waals surface area contributed by atoms with Crippen LogP contribution in [0.3, 0.4) is 0 Å². The monoisotopic (exact) mass is 406 g/mol. The molecule has 0 aromatic heterocycles. The molecule has 0 unspecified atom stereocenters. The van der Waals surface area contributed by atoms with Gasteiger partial charge < -0.3 is 27.1 Å². The summed E-state index contributed by atoms with van der Waals surface area (Å²) in [7, 11) is 7.13. The minimum Gasteiger partial charge on any atom is -0.0623 e. The molecule has 0 bridgehead atoms. The van der Waals surface area contributed by atoms with E-state index in [2.05, 4.69) is 33.8 Å². The van der Waals surface area contributed by atoms with E-state index in [4.69, 9.17) is 4.65 Å².